The molecule has 1 unspecified atom stereocenters. The summed E-state index contributed by atoms with van der Waals surface area (Å²) in [6.45, 7) is 1.87. The predicted molar refractivity (Wildman–Crippen MR) is 81.5 cm³/mol. The van der Waals surface area contributed by atoms with E-state index in [9.17, 15) is 9.18 Å². The average molecular weight is 306 g/mol. The number of H-pyrrole nitrogens is 1. The summed E-state index contributed by atoms with van der Waals surface area (Å²) in [7, 11) is 0. The third kappa shape index (κ3) is 2.10. The molecule has 1 N–H and O–H groups in total. The minimum atomic E-state index is -0.299. The van der Waals surface area contributed by atoms with Crippen molar-refractivity contribution in [3.63, 3.8) is 0 Å². The Morgan fingerprint density at radius 1 is 1.30 bits per heavy atom. The maximum Gasteiger partial charge on any atom is 0.272 e. The lowest BCUT2D eigenvalue weighted by molar-refractivity contribution is 0.593. The number of hydrogen-bond acceptors (Lipinski definition) is 3. The van der Waals surface area contributed by atoms with Crippen LogP contribution in [0.4, 0.5) is 4.39 Å². The molecular formula is C14H11FN2OS2. The van der Waals surface area contributed by atoms with Gasteiger partial charge in [0.15, 0.2) is 4.77 Å². The first-order valence-corrected chi connectivity index (χ1v) is 7.34. The molecule has 2 heterocycles. The van der Waals surface area contributed by atoms with Crippen LogP contribution in [-0.4, -0.2) is 9.55 Å². The van der Waals surface area contributed by atoms with Crippen LogP contribution in [0.2, 0.25) is 0 Å². The van der Waals surface area contributed by atoms with Crippen molar-refractivity contribution in [2.75, 3.05) is 0 Å². The molecular weight excluding hydrogens is 295 g/mol. The minimum absolute atomic E-state index is 0.115. The van der Waals surface area contributed by atoms with E-state index in [4.69, 9.17) is 12.2 Å². The monoisotopic (exact) mass is 306 g/mol. The molecule has 2 aromatic heterocycles. The maximum absolute atomic E-state index is 13.0. The summed E-state index contributed by atoms with van der Waals surface area (Å²) in [5.74, 6) is -0.299. The Bertz CT molecular complexity index is 877. The molecule has 1 atom stereocenters. The molecule has 0 aliphatic rings. The van der Waals surface area contributed by atoms with Gasteiger partial charge in [0, 0.05) is 0 Å². The largest absolute Gasteiger partial charge is 0.331 e. The summed E-state index contributed by atoms with van der Waals surface area (Å²) in [6, 6.07) is 7.68. The summed E-state index contributed by atoms with van der Waals surface area (Å²) in [6.07, 6.45) is 0. The highest BCUT2D eigenvalue weighted by Crippen LogP contribution is 2.20. The molecule has 3 rings (SSSR count). The first kappa shape index (κ1) is 13.2. The van der Waals surface area contributed by atoms with Gasteiger partial charge in [0.2, 0.25) is 0 Å². The van der Waals surface area contributed by atoms with E-state index in [2.05, 4.69) is 4.98 Å². The van der Waals surface area contributed by atoms with E-state index in [1.54, 1.807) is 12.1 Å². The molecule has 20 heavy (non-hydrogen) atoms. The van der Waals surface area contributed by atoms with Gasteiger partial charge in [-0.1, -0.05) is 12.1 Å². The van der Waals surface area contributed by atoms with E-state index in [-0.39, 0.29) is 17.4 Å². The quantitative estimate of drug-likeness (QED) is 0.730. The number of aromatic nitrogens is 2. The van der Waals surface area contributed by atoms with Crippen LogP contribution >= 0.6 is 23.6 Å². The zero-order chi connectivity index (χ0) is 14.3. The van der Waals surface area contributed by atoms with Gasteiger partial charge < -0.3 is 4.98 Å². The van der Waals surface area contributed by atoms with Crippen molar-refractivity contribution in [2.45, 2.75) is 13.0 Å². The van der Waals surface area contributed by atoms with Crippen molar-refractivity contribution < 1.29 is 4.39 Å². The smallest absolute Gasteiger partial charge is 0.272 e. The molecule has 3 nitrogen and oxygen atoms in total. The summed E-state index contributed by atoms with van der Waals surface area (Å²) in [4.78, 5) is 15.6. The third-order valence-corrected chi connectivity index (χ3v) is 4.48. The zero-order valence-corrected chi connectivity index (χ0v) is 12.2. The van der Waals surface area contributed by atoms with Crippen LogP contribution in [0.25, 0.3) is 10.2 Å². The van der Waals surface area contributed by atoms with E-state index in [1.165, 1.54) is 28.0 Å². The van der Waals surface area contributed by atoms with E-state index < -0.39 is 0 Å². The van der Waals surface area contributed by atoms with E-state index >= 15 is 0 Å². The van der Waals surface area contributed by atoms with Gasteiger partial charge in [0.25, 0.3) is 5.56 Å². The minimum Gasteiger partial charge on any atom is -0.331 e. The molecule has 0 spiro atoms. The van der Waals surface area contributed by atoms with Gasteiger partial charge in [-0.05, 0) is 48.3 Å². The Kier molecular flexibility index (Phi) is 3.27. The molecule has 0 bridgehead atoms. The van der Waals surface area contributed by atoms with Gasteiger partial charge >= 0.3 is 0 Å². The second-order valence-electron chi connectivity index (χ2n) is 4.50. The fraction of sp³-hybridized carbons (Fsp3) is 0.143. The molecule has 0 aliphatic heterocycles. The summed E-state index contributed by atoms with van der Waals surface area (Å²) in [5, 5.41) is 1.85. The SMILES string of the molecule is CC(c1ccc(F)cc1)n1c(=S)[nH]c2ccsc2c1=O. The van der Waals surface area contributed by atoms with Crippen molar-refractivity contribution >= 4 is 33.8 Å². The first-order chi connectivity index (χ1) is 9.58. The summed E-state index contributed by atoms with van der Waals surface area (Å²) >= 11 is 6.65. The lowest BCUT2D eigenvalue weighted by atomic mass is 10.1. The number of fused-ring (bicyclic) bond motifs is 1. The van der Waals surface area contributed by atoms with Crippen molar-refractivity contribution in [3.8, 4) is 0 Å². The number of thiophene rings is 1. The Labute approximate surface area is 123 Å². The molecule has 3 aromatic rings. The number of halogens is 1. The van der Waals surface area contributed by atoms with Crippen LogP contribution < -0.4 is 5.56 Å². The van der Waals surface area contributed by atoms with Crippen LogP contribution in [0.15, 0.2) is 40.5 Å². The van der Waals surface area contributed by atoms with Gasteiger partial charge in [-0.3, -0.25) is 9.36 Å². The third-order valence-electron chi connectivity index (χ3n) is 3.28. The molecule has 0 amide bonds. The van der Waals surface area contributed by atoms with Crippen molar-refractivity contribution in [1.82, 2.24) is 9.55 Å². The van der Waals surface area contributed by atoms with Crippen molar-refractivity contribution in [2.24, 2.45) is 0 Å². The van der Waals surface area contributed by atoms with E-state index in [0.29, 0.717) is 9.47 Å². The standard InChI is InChI=1S/C14H11FN2OS2/c1-8(9-2-4-10(15)5-3-9)17-13(18)12-11(6-7-20-12)16-14(17)19/h2-8H,1H3,(H,16,19). The molecule has 0 saturated heterocycles. The van der Waals surface area contributed by atoms with Crippen LogP contribution in [0.1, 0.15) is 18.5 Å². The predicted octanol–water partition coefficient (Wildman–Crippen LogP) is 3.87. The molecule has 102 valence electrons. The molecule has 0 fully saturated rings. The fourth-order valence-electron chi connectivity index (χ4n) is 2.19. The number of aromatic amines is 1. The first-order valence-electron chi connectivity index (χ1n) is 6.05. The van der Waals surface area contributed by atoms with Crippen molar-refractivity contribution in [1.29, 1.82) is 0 Å². The number of nitrogens with one attached hydrogen (secondary N) is 1. The number of benzene rings is 1. The maximum atomic E-state index is 13.0. The number of rotatable bonds is 2. The van der Waals surface area contributed by atoms with E-state index in [1.807, 2.05) is 18.4 Å². The Balaban J connectivity index is 2.21. The summed E-state index contributed by atoms with van der Waals surface area (Å²) in [5.41, 5.74) is 1.48. The van der Waals surface area contributed by atoms with Gasteiger partial charge in [-0.15, -0.1) is 11.3 Å². The van der Waals surface area contributed by atoms with Gasteiger partial charge in [-0.25, -0.2) is 4.39 Å². The molecule has 0 aliphatic carbocycles. The molecule has 0 saturated carbocycles. The Morgan fingerprint density at radius 2 is 2.00 bits per heavy atom. The molecule has 0 radical (unpaired) electrons. The highest BCUT2D eigenvalue weighted by atomic mass is 32.1. The van der Waals surface area contributed by atoms with E-state index in [0.717, 1.165) is 11.1 Å². The fourth-order valence-corrected chi connectivity index (χ4v) is 3.33. The lowest BCUT2D eigenvalue weighted by Crippen LogP contribution is -2.25. The van der Waals surface area contributed by atoms with Gasteiger partial charge in [-0.2, -0.15) is 0 Å². The normalized spacial score (nSPS) is 12.7. The van der Waals surface area contributed by atoms with Crippen LogP contribution in [0, 0.1) is 10.6 Å². The molecule has 1 aromatic carbocycles. The highest BCUT2D eigenvalue weighted by molar-refractivity contribution is 7.71. The highest BCUT2D eigenvalue weighted by Gasteiger charge is 2.14. The number of hydrogen-bond donors (Lipinski definition) is 1. The zero-order valence-electron chi connectivity index (χ0n) is 10.6. The van der Waals surface area contributed by atoms with Crippen LogP contribution in [0.3, 0.4) is 0 Å². The van der Waals surface area contributed by atoms with Crippen molar-refractivity contribution in [3.05, 3.63) is 62.2 Å². The second kappa shape index (κ2) is 4.96. The number of nitrogens with zero attached hydrogens (tertiary/aromatic N) is 1. The topological polar surface area (TPSA) is 37.8 Å². The Hall–Kier alpha value is -1.79. The van der Waals surface area contributed by atoms with Gasteiger partial charge in [0.1, 0.15) is 10.5 Å². The van der Waals surface area contributed by atoms with Gasteiger partial charge in [0.05, 0.1) is 11.6 Å². The average Bonchev–Trinajstić information content (AvgIpc) is 2.87. The van der Waals surface area contributed by atoms with Crippen LogP contribution in [0.5, 0.6) is 0 Å². The van der Waals surface area contributed by atoms with Crippen LogP contribution in [-0.2, 0) is 0 Å². The lowest BCUT2D eigenvalue weighted by Gasteiger charge is -2.15. The second-order valence-corrected chi connectivity index (χ2v) is 5.80. The Morgan fingerprint density at radius 3 is 2.70 bits per heavy atom. The summed E-state index contributed by atoms with van der Waals surface area (Å²) < 4.78 is 15.5. The molecule has 6 heteroatoms.